The van der Waals surface area contributed by atoms with Gasteiger partial charge in [-0.3, -0.25) is 15.0 Å². The molecule has 0 amide bonds. The van der Waals surface area contributed by atoms with Crippen LogP contribution in [-0.2, 0) is 11.3 Å². The Morgan fingerprint density at radius 2 is 2.22 bits per heavy atom. The van der Waals surface area contributed by atoms with Crippen LogP contribution in [-0.4, -0.2) is 36.1 Å². The van der Waals surface area contributed by atoms with Gasteiger partial charge < -0.3 is 4.74 Å². The largest absolute Gasteiger partial charge is 0.380 e. The predicted octanol–water partition coefficient (Wildman–Crippen LogP) is 2.58. The maximum absolute atomic E-state index is 10.9. The van der Waals surface area contributed by atoms with Gasteiger partial charge in [0.2, 0.25) is 0 Å². The Bertz CT molecular complexity index is 431. The molecule has 1 aromatic rings. The highest BCUT2D eigenvalue weighted by Crippen LogP contribution is 2.26. The Balaban J connectivity index is 2.08. The van der Waals surface area contributed by atoms with Crippen LogP contribution in [0.5, 0.6) is 0 Å². The first-order valence-corrected chi connectivity index (χ1v) is 6.69. The summed E-state index contributed by atoms with van der Waals surface area (Å²) in [4.78, 5) is 12.8. The van der Waals surface area contributed by atoms with Crippen LogP contribution < -0.4 is 0 Å². The van der Waals surface area contributed by atoms with Crippen LogP contribution >= 0.6 is 15.9 Å². The summed E-state index contributed by atoms with van der Waals surface area (Å²) in [6.45, 7) is 4.13. The van der Waals surface area contributed by atoms with Gasteiger partial charge in [-0.05, 0) is 34.0 Å². The van der Waals surface area contributed by atoms with Crippen molar-refractivity contribution in [2.45, 2.75) is 13.0 Å². The monoisotopic (exact) mass is 314 g/mol. The van der Waals surface area contributed by atoms with Crippen LogP contribution in [0.25, 0.3) is 0 Å². The molecule has 0 N–H and O–H groups in total. The summed E-state index contributed by atoms with van der Waals surface area (Å²) in [5.74, 6) is 0. The topological polar surface area (TPSA) is 55.6 Å². The van der Waals surface area contributed by atoms with Gasteiger partial charge in [-0.2, -0.15) is 0 Å². The van der Waals surface area contributed by atoms with Gasteiger partial charge in [0.25, 0.3) is 5.69 Å². The smallest absolute Gasteiger partial charge is 0.283 e. The van der Waals surface area contributed by atoms with Crippen molar-refractivity contribution in [2.24, 2.45) is 0 Å². The second-order valence-corrected chi connectivity index (χ2v) is 5.14. The number of halogens is 1. The van der Waals surface area contributed by atoms with Gasteiger partial charge in [0.1, 0.15) is 0 Å². The number of ether oxygens (including phenoxy) is 1. The Kier molecular flexibility index (Phi) is 4.68. The zero-order chi connectivity index (χ0) is 13.0. The highest BCUT2D eigenvalue weighted by Gasteiger charge is 2.15. The summed E-state index contributed by atoms with van der Waals surface area (Å²) in [6, 6.07) is 5.29. The normalized spacial score (nSPS) is 17.4. The lowest BCUT2D eigenvalue weighted by molar-refractivity contribution is -0.385. The Labute approximate surface area is 114 Å². The zero-order valence-electron chi connectivity index (χ0n) is 9.97. The molecule has 18 heavy (non-hydrogen) atoms. The first kappa shape index (κ1) is 13.5. The number of nitro groups is 1. The fourth-order valence-electron chi connectivity index (χ4n) is 2.01. The summed E-state index contributed by atoms with van der Waals surface area (Å²) in [5.41, 5.74) is 1.09. The highest BCUT2D eigenvalue weighted by molar-refractivity contribution is 9.10. The molecule has 1 aliphatic rings. The summed E-state index contributed by atoms with van der Waals surface area (Å²) >= 11 is 3.19. The van der Waals surface area contributed by atoms with Gasteiger partial charge in [0, 0.05) is 32.3 Å². The van der Waals surface area contributed by atoms with Crippen molar-refractivity contribution in [3.8, 4) is 0 Å². The summed E-state index contributed by atoms with van der Waals surface area (Å²) < 4.78 is 5.91. The lowest BCUT2D eigenvalue weighted by atomic mass is 10.2. The molecule has 1 aromatic carbocycles. The quantitative estimate of drug-likeness (QED) is 0.635. The minimum atomic E-state index is -0.362. The predicted molar refractivity (Wildman–Crippen MR) is 71.5 cm³/mol. The number of nitro benzene ring substituents is 1. The van der Waals surface area contributed by atoms with Gasteiger partial charge >= 0.3 is 0 Å². The van der Waals surface area contributed by atoms with E-state index in [0.29, 0.717) is 4.47 Å². The van der Waals surface area contributed by atoms with Crippen molar-refractivity contribution in [1.29, 1.82) is 0 Å². The van der Waals surface area contributed by atoms with E-state index in [1.165, 1.54) is 0 Å². The van der Waals surface area contributed by atoms with Gasteiger partial charge in [0.15, 0.2) is 0 Å². The number of hydrogen-bond donors (Lipinski definition) is 0. The fraction of sp³-hybridized carbons (Fsp3) is 0.500. The van der Waals surface area contributed by atoms with E-state index in [9.17, 15) is 10.1 Å². The fourth-order valence-corrected chi connectivity index (χ4v) is 2.40. The number of benzene rings is 1. The van der Waals surface area contributed by atoms with Gasteiger partial charge in [-0.25, -0.2) is 0 Å². The van der Waals surface area contributed by atoms with Crippen molar-refractivity contribution in [2.75, 3.05) is 26.3 Å². The minimum Gasteiger partial charge on any atom is -0.380 e. The van der Waals surface area contributed by atoms with Gasteiger partial charge in [-0.1, -0.05) is 6.07 Å². The third-order valence-corrected chi connectivity index (χ3v) is 3.60. The molecule has 0 atom stereocenters. The molecule has 0 radical (unpaired) electrons. The van der Waals surface area contributed by atoms with Gasteiger partial charge in [0.05, 0.1) is 16.0 Å². The van der Waals surface area contributed by atoms with Crippen LogP contribution in [0.1, 0.15) is 12.0 Å². The molecule has 1 fully saturated rings. The molecule has 0 unspecified atom stereocenters. The lowest BCUT2D eigenvalue weighted by Gasteiger charge is -2.18. The SMILES string of the molecule is O=[N+]([O-])c1cc(CN2CCCOCC2)ccc1Br. The molecular formula is C12H15BrN2O3. The third kappa shape index (κ3) is 3.51. The second-order valence-electron chi connectivity index (χ2n) is 4.28. The summed E-state index contributed by atoms with van der Waals surface area (Å²) in [5, 5.41) is 10.9. The van der Waals surface area contributed by atoms with Crippen molar-refractivity contribution < 1.29 is 9.66 Å². The molecule has 0 saturated carbocycles. The van der Waals surface area contributed by atoms with Crippen molar-refractivity contribution in [3.05, 3.63) is 38.3 Å². The zero-order valence-corrected chi connectivity index (χ0v) is 11.6. The first-order valence-electron chi connectivity index (χ1n) is 5.90. The van der Waals surface area contributed by atoms with E-state index >= 15 is 0 Å². The van der Waals surface area contributed by atoms with Crippen LogP contribution in [0.4, 0.5) is 5.69 Å². The van der Waals surface area contributed by atoms with Crippen LogP contribution in [0.3, 0.4) is 0 Å². The first-order chi connectivity index (χ1) is 8.66. The molecule has 0 bridgehead atoms. The Morgan fingerprint density at radius 1 is 1.39 bits per heavy atom. The molecule has 5 nitrogen and oxygen atoms in total. The van der Waals surface area contributed by atoms with Crippen molar-refractivity contribution in [1.82, 2.24) is 4.90 Å². The van der Waals surface area contributed by atoms with E-state index in [-0.39, 0.29) is 10.6 Å². The molecule has 1 aliphatic heterocycles. The van der Waals surface area contributed by atoms with Crippen molar-refractivity contribution >= 4 is 21.6 Å². The van der Waals surface area contributed by atoms with E-state index in [4.69, 9.17) is 4.74 Å². The molecule has 98 valence electrons. The lowest BCUT2D eigenvalue weighted by Crippen LogP contribution is -2.25. The van der Waals surface area contributed by atoms with Gasteiger partial charge in [-0.15, -0.1) is 0 Å². The highest BCUT2D eigenvalue weighted by atomic mass is 79.9. The van der Waals surface area contributed by atoms with E-state index < -0.39 is 0 Å². The third-order valence-electron chi connectivity index (χ3n) is 2.93. The van der Waals surface area contributed by atoms with Crippen molar-refractivity contribution in [3.63, 3.8) is 0 Å². The van der Waals surface area contributed by atoms with E-state index in [2.05, 4.69) is 20.8 Å². The maximum atomic E-state index is 10.9. The average molecular weight is 315 g/mol. The number of rotatable bonds is 3. The molecule has 1 heterocycles. The molecule has 0 aliphatic carbocycles. The standard InChI is InChI=1S/C12H15BrN2O3/c13-11-3-2-10(8-12(11)15(16)17)9-14-4-1-6-18-7-5-14/h2-3,8H,1,4-7,9H2. The molecule has 0 aromatic heterocycles. The summed E-state index contributed by atoms with van der Waals surface area (Å²) in [6.07, 6.45) is 1.01. The summed E-state index contributed by atoms with van der Waals surface area (Å²) in [7, 11) is 0. The molecule has 1 saturated heterocycles. The Morgan fingerprint density at radius 3 is 3.00 bits per heavy atom. The van der Waals surface area contributed by atoms with E-state index in [1.54, 1.807) is 12.1 Å². The number of nitrogens with zero attached hydrogens (tertiary/aromatic N) is 2. The Hall–Kier alpha value is -0.980. The minimum absolute atomic E-state index is 0.124. The maximum Gasteiger partial charge on any atom is 0.283 e. The van der Waals surface area contributed by atoms with Crippen LogP contribution in [0, 0.1) is 10.1 Å². The molecular weight excluding hydrogens is 300 g/mol. The molecule has 6 heteroatoms. The molecule has 0 spiro atoms. The van der Waals surface area contributed by atoms with Crippen LogP contribution in [0.15, 0.2) is 22.7 Å². The molecule has 2 rings (SSSR count). The number of hydrogen-bond acceptors (Lipinski definition) is 4. The van der Waals surface area contributed by atoms with E-state index in [1.807, 2.05) is 6.07 Å². The van der Waals surface area contributed by atoms with E-state index in [0.717, 1.165) is 44.8 Å². The van der Waals surface area contributed by atoms with Crippen LogP contribution in [0.2, 0.25) is 0 Å². The second kappa shape index (κ2) is 6.26. The average Bonchev–Trinajstić information content (AvgIpc) is 2.60.